The molecule has 1 aliphatic rings. The average molecular weight is 264 g/mol. The minimum Gasteiger partial charge on any atom is -0.397 e. The van der Waals surface area contributed by atoms with Crippen molar-refractivity contribution in [1.82, 2.24) is 0 Å². The first-order valence-electron chi connectivity index (χ1n) is 6.70. The highest BCUT2D eigenvalue weighted by Gasteiger charge is 2.20. The summed E-state index contributed by atoms with van der Waals surface area (Å²) in [6.45, 7) is 0. The Labute approximate surface area is 116 Å². The molecule has 100 valence electrons. The molecule has 3 aromatic rings. The van der Waals surface area contributed by atoms with E-state index in [1.54, 1.807) is 0 Å². The summed E-state index contributed by atoms with van der Waals surface area (Å²) in [5.41, 5.74) is 28.6. The smallest absolute Gasteiger partial charge is 0.0634 e. The standard InChI is InChI=1S/C16H16N4/c17-13-7-3-1-4-8-11(7)12-9(15(13)19)5-2-6-10(12)16(20)14(8)18/h1,3-5H,2,6,17-20H2. The number of anilines is 4. The molecule has 0 spiro atoms. The Kier molecular flexibility index (Phi) is 1.95. The zero-order valence-corrected chi connectivity index (χ0v) is 11.0. The summed E-state index contributed by atoms with van der Waals surface area (Å²) in [6, 6.07) is 5.93. The third-order valence-corrected chi connectivity index (χ3v) is 4.40. The molecule has 0 aromatic heterocycles. The lowest BCUT2D eigenvalue weighted by atomic mass is 9.86. The zero-order valence-electron chi connectivity index (χ0n) is 11.0. The van der Waals surface area contributed by atoms with Crippen LogP contribution in [0, 0.1) is 0 Å². The molecule has 0 aliphatic heterocycles. The fourth-order valence-corrected chi connectivity index (χ4v) is 3.42. The van der Waals surface area contributed by atoms with Gasteiger partial charge in [-0.15, -0.1) is 0 Å². The third-order valence-electron chi connectivity index (χ3n) is 4.40. The second kappa shape index (κ2) is 3.48. The second-order valence-corrected chi connectivity index (χ2v) is 5.39. The molecule has 20 heavy (non-hydrogen) atoms. The van der Waals surface area contributed by atoms with Gasteiger partial charge in [-0.2, -0.15) is 0 Å². The first-order valence-corrected chi connectivity index (χ1v) is 6.70. The van der Waals surface area contributed by atoms with Crippen LogP contribution in [-0.4, -0.2) is 0 Å². The van der Waals surface area contributed by atoms with Crippen molar-refractivity contribution in [3.63, 3.8) is 0 Å². The van der Waals surface area contributed by atoms with E-state index in [1.165, 1.54) is 0 Å². The fraction of sp³-hybridized carbons (Fsp3) is 0.125. The van der Waals surface area contributed by atoms with E-state index in [4.69, 9.17) is 22.9 Å². The number of aryl methyl sites for hydroxylation is 1. The molecule has 0 fully saturated rings. The van der Waals surface area contributed by atoms with Gasteiger partial charge in [0.25, 0.3) is 0 Å². The van der Waals surface area contributed by atoms with Gasteiger partial charge in [-0.05, 0) is 23.8 Å². The van der Waals surface area contributed by atoms with Crippen molar-refractivity contribution in [3.8, 4) is 0 Å². The van der Waals surface area contributed by atoms with Gasteiger partial charge in [0.05, 0.1) is 22.7 Å². The van der Waals surface area contributed by atoms with Gasteiger partial charge in [-0.3, -0.25) is 0 Å². The number of hydrogen-bond acceptors (Lipinski definition) is 4. The molecule has 4 nitrogen and oxygen atoms in total. The summed E-state index contributed by atoms with van der Waals surface area (Å²) in [4.78, 5) is 0. The highest BCUT2D eigenvalue weighted by Crippen LogP contribution is 2.41. The van der Waals surface area contributed by atoms with Crippen LogP contribution in [0.1, 0.15) is 12.0 Å². The Morgan fingerprint density at radius 3 is 2.10 bits per heavy atom. The highest BCUT2D eigenvalue weighted by molar-refractivity contribution is 6.23. The average Bonchev–Trinajstić information content (AvgIpc) is 2.48. The predicted molar refractivity (Wildman–Crippen MR) is 87.1 cm³/mol. The zero-order chi connectivity index (χ0) is 14.0. The Balaban J connectivity index is 2.50. The molecule has 0 saturated carbocycles. The van der Waals surface area contributed by atoms with E-state index in [0.29, 0.717) is 22.7 Å². The number of nitrogen functional groups attached to an aromatic ring is 4. The Bertz CT molecular complexity index is 925. The third kappa shape index (κ3) is 1.12. The van der Waals surface area contributed by atoms with Crippen LogP contribution in [0.5, 0.6) is 0 Å². The van der Waals surface area contributed by atoms with Crippen LogP contribution in [0.3, 0.4) is 0 Å². The van der Waals surface area contributed by atoms with Crippen LogP contribution in [-0.2, 0) is 6.42 Å². The number of rotatable bonds is 0. The van der Waals surface area contributed by atoms with Gasteiger partial charge in [0, 0.05) is 21.4 Å². The van der Waals surface area contributed by atoms with E-state index in [1.807, 2.05) is 18.2 Å². The van der Waals surface area contributed by atoms with Crippen molar-refractivity contribution >= 4 is 50.4 Å². The topological polar surface area (TPSA) is 104 Å². The largest absolute Gasteiger partial charge is 0.397 e. The summed E-state index contributed by atoms with van der Waals surface area (Å²) in [6.07, 6.45) is 3.95. The van der Waals surface area contributed by atoms with E-state index in [0.717, 1.165) is 45.2 Å². The quantitative estimate of drug-likeness (QED) is 0.464. The van der Waals surface area contributed by atoms with Crippen molar-refractivity contribution in [2.45, 2.75) is 12.8 Å². The van der Waals surface area contributed by atoms with Crippen molar-refractivity contribution < 1.29 is 0 Å². The summed E-state index contributed by atoms with van der Waals surface area (Å²) in [5, 5.41) is 5.15. The van der Waals surface area contributed by atoms with Gasteiger partial charge in [0.15, 0.2) is 0 Å². The van der Waals surface area contributed by atoms with Crippen LogP contribution < -0.4 is 28.2 Å². The lowest BCUT2D eigenvalue weighted by Crippen LogP contribution is -2.19. The molecular formula is C16H16N4. The molecule has 0 radical (unpaired) electrons. The molecule has 0 unspecified atom stereocenters. The van der Waals surface area contributed by atoms with Gasteiger partial charge in [0.2, 0.25) is 0 Å². The van der Waals surface area contributed by atoms with Gasteiger partial charge in [0.1, 0.15) is 0 Å². The maximum absolute atomic E-state index is 6.25. The summed E-state index contributed by atoms with van der Waals surface area (Å²) in [5.74, 6) is 0. The van der Waals surface area contributed by atoms with E-state index in [-0.39, 0.29) is 0 Å². The number of benzene rings is 3. The Morgan fingerprint density at radius 1 is 0.750 bits per heavy atom. The molecule has 3 aromatic carbocycles. The van der Waals surface area contributed by atoms with E-state index in [2.05, 4.69) is 6.08 Å². The lowest BCUT2D eigenvalue weighted by Gasteiger charge is -2.21. The summed E-state index contributed by atoms with van der Waals surface area (Å²) < 4.78 is 0. The summed E-state index contributed by atoms with van der Waals surface area (Å²) in [7, 11) is 0. The first-order chi connectivity index (χ1) is 9.61. The molecule has 1 aliphatic carbocycles. The monoisotopic (exact) mass is 264 g/mol. The van der Waals surface area contributed by atoms with Crippen molar-refractivity contribution in [1.29, 1.82) is 0 Å². The van der Waals surface area contributed by atoms with E-state index < -0.39 is 0 Å². The van der Waals surface area contributed by atoms with Gasteiger partial charge in [-0.1, -0.05) is 24.3 Å². The number of nitrogens with two attached hydrogens (primary N) is 4. The Hall–Kier alpha value is -2.62. The highest BCUT2D eigenvalue weighted by atomic mass is 14.7. The van der Waals surface area contributed by atoms with E-state index >= 15 is 0 Å². The molecule has 0 amide bonds. The first kappa shape index (κ1) is 11.2. The van der Waals surface area contributed by atoms with Gasteiger partial charge >= 0.3 is 0 Å². The van der Waals surface area contributed by atoms with Crippen LogP contribution in [0.25, 0.3) is 27.6 Å². The van der Waals surface area contributed by atoms with Crippen molar-refractivity contribution in [2.24, 2.45) is 0 Å². The summed E-state index contributed by atoms with van der Waals surface area (Å²) >= 11 is 0. The van der Waals surface area contributed by atoms with E-state index in [9.17, 15) is 0 Å². The fourth-order valence-electron chi connectivity index (χ4n) is 3.42. The van der Waals surface area contributed by atoms with Crippen LogP contribution in [0.2, 0.25) is 0 Å². The lowest BCUT2D eigenvalue weighted by molar-refractivity contribution is 1.04. The van der Waals surface area contributed by atoms with Crippen molar-refractivity contribution in [3.05, 3.63) is 29.0 Å². The number of hydrogen-bond donors (Lipinski definition) is 4. The predicted octanol–water partition coefficient (Wildman–Crippen LogP) is 1.77. The second-order valence-electron chi connectivity index (χ2n) is 5.39. The van der Waals surface area contributed by atoms with Gasteiger partial charge in [-0.25, -0.2) is 0 Å². The molecule has 0 saturated heterocycles. The van der Waals surface area contributed by atoms with Gasteiger partial charge < -0.3 is 22.9 Å². The molecule has 8 N–H and O–H groups in total. The van der Waals surface area contributed by atoms with Crippen LogP contribution >= 0.6 is 0 Å². The molecule has 4 heteroatoms. The Morgan fingerprint density at radius 2 is 1.40 bits per heavy atom. The SMILES string of the molecule is Nc1c(N)c2cccc3c(N)c(N)c4c(c1CCC=4)c23. The normalized spacial score (nSPS) is 13.8. The molecular weight excluding hydrogens is 248 g/mol. The molecule has 0 heterocycles. The minimum atomic E-state index is 0.631. The molecule has 0 atom stereocenters. The maximum atomic E-state index is 6.25. The van der Waals surface area contributed by atoms with Crippen molar-refractivity contribution in [2.75, 3.05) is 22.9 Å². The molecule has 0 bridgehead atoms. The molecule has 4 rings (SSSR count). The van der Waals surface area contributed by atoms with Crippen LogP contribution in [0.15, 0.2) is 18.2 Å². The van der Waals surface area contributed by atoms with Crippen LogP contribution in [0.4, 0.5) is 22.7 Å². The minimum absolute atomic E-state index is 0.631. The maximum Gasteiger partial charge on any atom is 0.0634 e.